The van der Waals surface area contributed by atoms with E-state index in [1.807, 2.05) is 0 Å². The second-order valence-corrected chi connectivity index (χ2v) is 11.0. The number of aromatic nitrogens is 3. The van der Waals surface area contributed by atoms with Gasteiger partial charge in [-0.05, 0) is 60.2 Å². The zero-order chi connectivity index (χ0) is 32.1. The van der Waals surface area contributed by atoms with Crippen LogP contribution in [0.5, 0.6) is 6.01 Å². The van der Waals surface area contributed by atoms with Gasteiger partial charge in [-0.15, -0.1) is 0 Å². The van der Waals surface area contributed by atoms with Crippen LogP contribution in [-0.4, -0.2) is 58.5 Å². The molecule has 0 unspecified atom stereocenters. The number of nitrogens with two attached hydrogens (primary N) is 1. The molecule has 1 aromatic heterocycles. The summed E-state index contributed by atoms with van der Waals surface area (Å²) < 4.78 is 56.7. The predicted octanol–water partition coefficient (Wildman–Crippen LogP) is 3.15. The summed E-state index contributed by atoms with van der Waals surface area (Å²) in [6.07, 6.45) is -3.30. The molecule has 0 radical (unpaired) electrons. The lowest BCUT2D eigenvalue weighted by atomic mass is 9.93. The lowest BCUT2D eigenvalue weighted by molar-refractivity contribution is -0.154. The number of alkyl halides is 3. The number of nitrogens with one attached hydrogen (secondary N) is 4. The first-order valence-corrected chi connectivity index (χ1v) is 13.4. The maximum atomic E-state index is 13.4. The van der Waals surface area contributed by atoms with Crippen molar-refractivity contribution in [2.75, 3.05) is 30.3 Å². The molecule has 234 valence electrons. The second-order valence-electron chi connectivity index (χ2n) is 11.0. The number of primary amides is 1. The Balaban J connectivity index is 1.44. The van der Waals surface area contributed by atoms with E-state index in [9.17, 15) is 31.9 Å². The molecule has 6 N–H and O–H groups in total. The molecule has 44 heavy (non-hydrogen) atoms. The highest BCUT2D eigenvalue weighted by molar-refractivity contribution is 6.34. The smallest absolute Gasteiger partial charge is 0.422 e. The van der Waals surface area contributed by atoms with Crippen LogP contribution >= 0.6 is 0 Å². The molecule has 1 saturated carbocycles. The van der Waals surface area contributed by atoms with Gasteiger partial charge in [0.2, 0.25) is 11.9 Å². The summed E-state index contributed by atoms with van der Waals surface area (Å²) in [6.45, 7) is 2.21. The van der Waals surface area contributed by atoms with Crippen LogP contribution in [0.1, 0.15) is 42.6 Å². The Bertz CT molecular complexity index is 1510. The number of nitrogens with zero attached hydrogens (tertiary/aromatic N) is 3. The Morgan fingerprint density at radius 1 is 0.909 bits per heavy atom. The van der Waals surface area contributed by atoms with Crippen molar-refractivity contribution in [3.63, 3.8) is 0 Å². The molecule has 16 heteroatoms. The van der Waals surface area contributed by atoms with E-state index < -0.39 is 53.3 Å². The van der Waals surface area contributed by atoms with Crippen molar-refractivity contribution >= 4 is 35.3 Å². The molecule has 1 fully saturated rings. The minimum absolute atomic E-state index is 0.0490. The Morgan fingerprint density at radius 2 is 1.52 bits per heavy atom. The number of carbonyl (C=O) groups is 3. The Hall–Kier alpha value is -5.02. The third kappa shape index (κ3) is 8.99. The van der Waals surface area contributed by atoms with E-state index in [1.165, 1.54) is 24.3 Å². The summed E-state index contributed by atoms with van der Waals surface area (Å²) >= 11 is 0. The van der Waals surface area contributed by atoms with Crippen molar-refractivity contribution < 1.29 is 36.7 Å². The number of rotatable bonds is 12. The minimum atomic E-state index is -4.62. The van der Waals surface area contributed by atoms with E-state index in [1.54, 1.807) is 38.1 Å². The van der Waals surface area contributed by atoms with Gasteiger partial charge >= 0.3 is 24.0 Å². The van der Waals surface area contributed by atoms with Gasteiger partial charge in [0.05, 0.1) is 5.54 Å². The number of hydrogen-bond acceptors (Lipinski definition) is 9. The lowest BCUT2D eigenvalue weighted by Gasteiger charge is -2.25. The molecule has 0 spiro atoms. The fourth-order valence-electron chi connectivity index (χ4n) is 4.00. The second kappa shape index (κ2) is 12.7. The molecule has 4 rings (SSSR count). The molecule has 3 amide bonds. The number of carbonyl (C=O) groups excluding carboxylic acids is 3. The maximum absolute atomic E-state index is 13.4. The summed E-state index contributed by atoms with van der Waals surface area (Å²) in [5.74, 6) is -3.01. The molecule has 0 saturated heterocycles. The molecule has 2 aromatic carbocycles. The van der Waals surface area contributed by atoms with Crippen LogP contribution in [0.3, 0.4) is 0 Å². The van der Waals surface area contributed by atoms with Crippen LogP contribution in [0.4, 0.5) is 35.1 Å². The third-order valence-corrected chi connectivity index (χ3v) is 6.56. The average molecular weight is 619 g/mol. The number of halogens is 4. The fourth-order valence-corrected chi connectivity index (χ4v) is 4.00. The highest BCUT2D eigenvalue weighted by Gasteiger charge is 2.45. The summed E-state index contributed by atoms with van der Waals surface area (Å²) in [5.41, 5.74) is 5.19. The first-order chi connectivity index (χ1) is 20.6. The first kappa shape index (κ1) is 31.9. The van der Waals surface area contributed by atoms with Gasteiger partial charge in [0.15, 0.2) is 6.61 Å². The molecule has 0 bridgehead atoms. The predicted molar refractivity (Wildman–Crippen MR) is 150 cm³/mol. The van der Waals surface area contributed by atoms with Crippen molar-refractivity contribution in [1.29, 1.82) is 0 Å². The van der Waals surface area contributed by atoms with Crippen LogP contribution in [0.25, 0.3) is 0 Å². The van der Waals surface area contributed by atoms with Crippen LogP contribution < -0.4 is 31.7 Å². The van der Waals surface area contributed by atoms with E-state index in [2.05, 4.69) is 36.2 Å². The number of benzene rings is 2. The largest absolute Gasteiger partial charge is 0.454 e. The zero-order valence-corrected chi connectivity index (χ0v) is 23.7. The van der Waals surface area contributed by atoms with Crippen LogP contribution in [-0.2, 0) is 15.1 Å². The van der Waals surface area contributed by atoms with Gasteiger partial charge < -0.3 is 31.7 Å². The molecule has 12 nitrogen and oxygen atoms in total. The number of ether oxygens (including phenoxy) is 1. The van der Waals surface area contributed by atoms with E-state index in [0.29, 0.717) is 24.1 Å². The number of hydrogen-bond donors (Lipinski definition) is 5. The molecule has 1 aliphatic carbocycles. The first-order valence-electron chi connectivity index (χ1n) is 13.4. The average Bonchev–Trinajstić information content (AvgIpc) is 3.74. The fraction of sp³-hybridized carbons (Fsp3) is 0.357. The van der Waals surface area contributed by atoms with E-state index in [-0.39, 0.29) is 25.0 Å². The van der Waals surface area contributed by atoms with Crippen LogP contribution in [0, 0.1) is 11.2 Å². The van der Waals surface area contributed by atoms with Crippen LogP contribution in [0.2, 0.25) is 0 Å². The van der Waals surface area contributed by atoms with Crippen molar-refractivity contribution in [1.82, 2.24) is 25.6 Å². The van der Waals surface area contributed by atoms with E-state index in [0.717, 1.165) is 5.56 Å². The van der Waals surface area contributed by atoms with E-state index >= 15 is 0 Å². The summed E-state index contributed by atoms with van der Waals surface area (Å²) in [4.78, 5) is 47.2. The number of anilines is 3. The standard InChI is InChI=1S/C28H30F4N8O4/c1-26(2,14-35-22(43)20(33)41)13-34-21(42)16-3-9-19(10-4-16)36-23-37-24(39-25(38-23)44-15-28(30,31)32)40-27(11-12-27)17-5-7-18(29)8-6-17/h3-10H,11-15H2,1-2H3,(H2,33,41)(H,34,42)(H,35,43)(H2,36,37,38,39,40). The van der Waals surface area contributed by atoms with Gasteiger partial charge in [0.25, 0.3) is 5.91 Å². The quantitative estimate of drug-likeness (QED) is 0.151. The minimum Gasteiger partial charge on any atom is -0.454 e. The molecule has 1 heterocycles. The summed E-state index contributed by atoms with van der Waals surface area (Å²) in [7, 11) is 0. The highest BCUT2D eigenvalue weighted by atomic mass is 19.4. The van der Waals surface area contributed by atoms with Crippen molar-refractivity contribution in [3.8, 4) is 6.01 Å². The van der Waals surface area contributed by atoms with Crippen molar-refractivity contribution in [2.24, 2.45) is 11.1 Å². The Labute approximate surface area is 249 Å². The maximum Gasteiger partial charge on any atom is 0.422 e. The molecule has 3 aromatic rings. The number of amides is 3. The third-order valence-electron chi connectivity index (χ3n) is 6.56. The van der Waals surface area contributed by atoms with E-state index in [4.69, 9.17) is 10.5 Å². The normalized spacial score (nSPS) is 13.9. The molecule has 0 atom stereocenters. The lowest BCUT2D eigenvalue weighted by Crippen LogP contribution is -2.45. The van der Waals surface area contributed by atoms with Gasteiger partial charge in [0.1, 0.15) is 5.82 Å². The zero-order valence-electron chi connectivity index (χ0n) is 23.7. The molecule has 1 aliphatic rings. The summed E-state index contributed by atoms with van der Waals surface area (Å²) in [5, 5.41) is 11.1. The van der Waals surface area contributed by atoms with Crippen molar-refractivity contribution in [2.45, 2.75) is 38.4 Å². The monoisotopic (exact) mass is 618 g/mol. The Morgan fingerprint density at radius 3 is 2.11 bits per heavy atom. The summed E-state index contributed by atoms with van der Waals surface area (Å²) in [6, 6.07) is 11.4. The van der Waals surface area contributed by atoms with Gasteiger partial charge in [0, 0.05) is 24.3 Å². The van der Waals surface area contributed by atoms with Gasteiger partial charge in [-0.25, -0.2) is 4.39 Å². The molecular formula is C28H30F4N8O4. The topological polar surface area (TPSA) is 173 Å². The van der Waals surface area contributed by atoms with Gasteiger partial charge in [-0.1, -0.05) is 26.0 Å². The SMILES string of the molecule is CC(C)(CNC(=O)C(N)=O)CNC(=O)c1ccc(Nc2nc(NC3(c4ccc(F)cc4)CC3)nc(OCC(F)(F)F)n2)cc1. The van der Waals surface area contributed by atoms with Gasteiger partial charge in [-0.2, -0.15) is 28.1 Å². The molecular weight excluding hydrogens is 588 g/mol. The van der Waals surface area contributed by atoms with Crippen LogP contribution in [0.15, 0.2) is 48.5 Å². The van der Waals surface area contributed by atoms with Gasteiger partial charge in [-0.3, -0.25) is 14.4 Å². The van der Waals surface area contributed by atoms with Crippen molar-refractivity contribution in [3.05, 3.63) is 65.5 Å². The molecule has 0 aliphatic heterocycles. The Kier molecular flexibility index (Phi) is 9.20. The highest BCUT2D eigenvalue weighted by Crippen LogP contribution is 2.48.